The minimum absolute atomic E-state index is 0.0920. The molecule has 0 aliphatic carbocycles. The van der Waals surface area contributed by atoms with E-state index in [-0.39, 0.29) is 17.6 Å². The average molecular weight is 347 g/mol. The Morgan fingerprint density at radius 1 is 1.43 bits per heavy atom. The van der Waals surface area contributed by atoms with Crippen LogP contribution in [0.15, 0.2) is 6.33 Å². The Morgan fingerprint density at radius 2 is 2.13 bits per heavy atom. The van der Waals surface area contributed by atoms with E-state index in [1.165, 1.54) is 0 Å². The van der Waals surface area contributed by atoms with Crippen LogP contribution in [0.2, 0.25) is 5.15 Å². The molecule has 2 N–H and O–H groups in total. The van der Waals surface area contributed by atoms with Crippen LogP contribution in [-0.4, -0.2) is 56.9 Å². The maximum atomic E-state index is 11.1. The van der Waals surface area contributed by atoms with Gasteiger partial charge in [0, 0.05) is 0 Å². The number of hydrogen-bond acceptors (Lipinski definition) is 9. The van der Waals surface area contributed by atoms with Crippen LogP contribution < -0.4 is 5.32 Å². The van der Waals surface area contributed by atoms with Crippen LogP contribution in [-0.2, 0) is 14.2 Å². The van der Waals surface area contributed by atoms with Crippen LogP contribution in [0.3, 0.4) is 0 Å². The van der Waals surface area contributed by atoms with E-state index >= 15 is 0 Å². The van der Waals surface area contributed by atoms with Gasteiger partial charge in [0.25, 0.3) is 0 Å². The van der Waals surface area contributed by atoms with E-state index in [0.717, 1.165) is 6.33 Å². The smallest absolute Gasteiger partial charge is 0.348 e. The number of aliphatic hydroxyl groups is 1. The Morgan fingerprint density at radius 3 is 2.78 bits per heavy atom. The number of aromatic nitrogens is 2. The van der Waals surface area contributed by atoms with Gasteiger partial charge < -0.3 is 24.6 Å². The van der Waals surface area contributed by atoms with Gasteiger partial charge >= 0.3 is 5.69 Å². The van der Waals surface area contributed by atoms with E-state index in [1.807, 2.05) is 0 Å². The number of halogens is 1. The quantitative estimate of drug-likeness (QED) is 0.459. The number of nitrogens with zero attached hydrogens (tertiary/aromatic N) is 3. The molecule has 2 aliphatic rings. The highest BCUT2D eigenvalue weighted by Gasteiger charge is 2.55. The van der Waals surface area contributed by atoms with Crippen molar-refractivity contribution in [3.63, 3.8) is 0 Å². The third-order valence-electron chi connectivity index (χ3n) is 3.57. The van der Waals surface area contributed by atoms with Gasteiger partial charge in [-0.2, -0.15) is 0 Å². The lowest BCUT2D eigenvalue weighted by molar-refractivity contribution is -0.384. The van der Waals surface area contributed by atoms with Crippen molar-refractivity contribution in [2.24, 2.45) is 0 Å². The van der Waals surface area contributed by atoms with E-state index in [4.69, 9.17) is 25.8 Å². The Labute approximate surface area is 135 Å². The molecule has 2 fully saturated rings. The van der Waals surface area contributed by atoms with E-state index in [9.17, 15) is 15.2 Å². The Hall–Kier alpha value is -1.59. The van der Waals surface area contributed by atoms with Gasteiger partial charge in [0.1, 0.15) is 24.6 Å². The second-order valence-electron chi connectivity index (χ2n) is 5.61. The van der Waals surface area contributed by atoms with Crippen molar-refractivity contribution in [3.05, 3.63) is 21.6 Å². The maximum Gasteiger partial charge on any atom is 0.348 e. The minimum atomic E-state index is -0.846. The van der Waals surface area contributed by atoms with Crippen molar-refractivity contribution in [2.45, 2.75) is 44.2 Å². The summed E-state index contributed by atoms with van der Waals surface area (Å²) in [4.78, 5) is 17.9. The molecular formula is C12H15ClN4O6. The van der Waals surface area contributed by atoms with Crippen LogP contribution in [0.4, 0.5) is 11.5 Å². The predicted octanol–water partition coefficient (Wildman–Crippen LogP) is 0.687. The number of fused-ring (bicyclic) bond motifs is 1. The van der Waals surface area contributed by atoms with Crippen LogP contribution in [0.25, 0.3) is 0 Å². The fraction of sp³-hybridized carbons (Fsp3) is 0.667. The predicted molar refractivity (Wildman–Crippen MR) is 76.9 cm³/mol. The van der Waals surface area contributed by atoms with Crippen LogP contribution >= 0.6 is 11.6 Å². The lowest BCUT2D eigenvalue weighted by Gasteiger charge is -2.24. The number of hydrogen-bond donors (Lipinski definition) is 2. The summed E-state index contributed by atoms with van der Waals surface area (Å²) in [6, 6.07) is 0. The van der Waals surface area contributed by atoms with Crippen LogP contribution in [0.1, 0.15) is 13.8 Å². The van der Waals surface area contributed by atoms with Crippen molar-refractivity contribution in [2.75, 3.05) is 11.9 Å². The molecule has 3 heterocycles. The van der Waals surface area contributed by atoms with Crippen LogP contribution in [0, 0.1) is 10.1 Å². The summed E-state index contributed by atoms with van der Waals surface area (Å²) in [5.41, 5.74) is -0.458. The third-order valence-corrected chi connectivity index (χ3v) is 3.85. The average Bonchev–Trinajstić information content (AvgIpc) is 2.92. The van der Waals surface area contributed by atoms with E-state index in [0.29, 0.717) is 0 Å². The van der Waals surface area contributed by atoms with Crippen molar-refractivity contribution in [3.8, 4) is 0 Å². The minimum Gasteiger partial charge on any atom is -0.394 e. The molecule has 0 spiro atoms. The van der Waals surface area contributed by atoms with E-state index < -0.39 is 40.9 Å². The molecular weight excluding hydrogens is 332 g/mol. The Bertz CT molecular complexity index is 630. The first-order valence-electron chi connectivity index (χ1n) is 6.86. The molecule has 10 nitrogen and oxygen atoms in total. The highest BCUT2D eigenvalue weighted by atomic mass is 35.5. The molecule has 4 atom stereocenters. The summed E-state index contributed by atoms with van der Waals surface area (Å²) in [5.74, 6) is -0.938. The Balaban J connectivity index is 1.86. The van der Waals surface area contributed by atoms with Gasteiger partial charge in [0.15, 0.2) is 12.0 Å². The number of anilines is 1. The molecule has 2 saturated heterocycles. The standard InChI is InChI=1S/C12H15ClN4O6/c1-12(2)22-7-5(3-18)21-11(8(7)23-12)16-10-6(17(19)20)9(13)14-4-15-10/h4-5,7-8,11,18H,3H2,1-2H3,(H,14,15,16)/t5-,7-,8-,11?/m1/s1. The molecule has 1 aromatic rings. The monoisotopic (exact) mass is 346 g/mol. The summed E-state index contributed by atoms with van der Waals surface area (Å²) in [5, 5.41) is 23.0. The number of ether oxygens (including phenoxy) is 3. The number of nitrogens with one attached hydrogen (secondary N) is 1. The molecule has 0 aromatic carbocycles. The zero-order valence-corrected chi connectivity index (χ0v) is 13.1. The summed E-state index contributed by atoms with van der Waals surface area (Å²) < 4.78 is 17.1. The lowest BCUT2D eigenvalue weighted by atomic mass is 10.1. The van der Waals surface area contributed by atoms with Gasteiger partial charge in [-0.1, -0.05) is 11.6 Å². The van der Waals surface area contributed by atoms with Crippen LogP contribution in [0.5, 0.6) is 0 Å². The van der Waals surface area contributed by atoms with Crippen molar-refractivity contribution in [1.82, 2.24) is 9.97 Å². The molecule has 3 rings (SSSR count). The molecule has 2 aliphatic heterocycles. The van der Waals surface area contributed by atoms with Crippen molar-refractivity contribution >= 4 is 23.1 Å². The normalized spacial score (nSPS) is 31.8. The Kier molecular flexibility index (Phi) is 4.10. The zero-order chi connectivity index (χ0) is 16.8. The van der Waals surface area contributed by atoms with Gasteiger partial charge in [0.05, 0.1) is 11.5 Å². The second kappa shape index (κ2) is 5.80. The summed E-state index contributed by atoms with van der Waals surface area (Å²) >= 11 is 5.75. The fourth-order valence-electron chi connectivity index (χ4n) is 2.70. The summed E-state index contributed by atoms with van der Waals surface area (Å²) in [7, 11) is 0. The maximum absolute atomic E-state index is 11.1. The number of aliphatic hydroxyl groups excluding tert-OH is 1. The van der Waals surface area contributed by atoms with Crippen molar-refractivity contribution in [1.29, 1.82) is 0 Å². The first-order chi connectivity index (χ1) is 10.8. The van der Waals surface area contributed by atoms with Gasteiger partial charge in [-0.25, -0.2) is 9.97 Å². The molecule has 0 saturated carbocycles. The number of nitro groups is 1. The molecule has 1 aromatic heterocycles. The summed E-state index contributed by atoms with van der Waals surface area (Å²) in [6.45, 7) is 3.20. The van der Waals surface area contributed by atoms with Gasteiger partial charge in [-0.15, -0.1) is 0 Å². The zero-order valence-electron chi connectivity index (χ0n) is 12.3. The fourth-order valence-corrected chi connectivity index (χ4v) is 2.91. The molecule has 126 valence electrons. The van der Waals surface area contributed by atoms with Gasteiger partial charge in [-0.3, -0.25) is 10.1 Å². The molecule has 11 heteroatoms. The second-order valence-corrected chi connectivity index (χ2v) is 5.96. The highest BCUT2D eigenvalue weighted by molar-refractivity contribution is 6.31. The third kappa shape index (κ3) is 2.95. The summed E-state index contributed by atoms with van der Waals surface area (Å²) in [6.07, 6.45) is -1.36. The van der Waals surface area contributed by atoms with Crippen molar-refractivity contribution < 1.29 is 24.2 Å². The SMILES string of the molecule is CC1(C)O[C@@H]2[C@@H](CO)OC(Nc3ncnc(Cl)c3[N+](=O)[O-])[C@@H]2O1. The molecule has 23 heavy (non-hydrogen) atoms. The first kappa shape index (κ1) is 16.3. The molecule has 1 unspecified atom stereocenters. The number of rotatable bonds is 4. The lowest BCUT2D eigenvalue weighted by Crippen LogP contribution is -2.35. The topological polar surface area (TPSA) is 129 Å². The highest BCUT2D eigenvalue weighted by Crippen LogP contribution is 2.39. The largest absolute Gasteiger partial charge is 0.394 e. The molecule has 0 bridgehead atoms. The van der Waals surface area contributed by atoms with Gasteiger partial charge in [-0.05, 0) is 13.8 Å². The molecule has 0 amide bonds. The van der Waals surface area contributed by atoms with Gasteiger partial charge in [0.2, 0.25) is 11.0 Å². The van der Waals surface area contributed by atoms with E-state index in [2.05, 4.69) is 15.3 Å². The first-order valence-corrected chi connectivity index (χ1v) is 7.23. The van der Waals surface area contributed by atoms with E-state index in [1.54, 1.807) is 13.8 Å². The molecule has 0 radical (unpaired) electrons.